The van der Waals surface area contributed by atoms with E-state index in [4.69, 9.17) is 0 Å². The van der Waals surface area contributed by atoms with Gasteiger partial charge >= 0.3 is 0 Å². The molecule has 0 aromatic heterocycles. The molecule has 132 valence electrons. The molecule has 1 aliphatic rings. The molecular weight excluding hydrogens is 336 g/mol. The third-order valence-electron chi connectivity index (χ3n) is 4.45. The Morgan fingerprint density at radius 2 is 1.72 bits per heavy atom. The molecule has 1 saturated heterocycles. The van der Waals surface area contributed by atoms with E-state index < -0.39 is 10.0 Å². The largest absolute Gasteiger partial charge is 0.326 e. The SMILES string of the molecule is CC(=O)Nc1ccc(S(=O)(=O)N2CCC[C@H]2c2ccc(C)cc2)cc1. The standard InChI is InChI=1S/C19H22N2O3S/c1-14-5-7-16(8-6-14)19-4-3-13-21(19)25(23,24)18-11-9-17(10-12-18)20-15(2)22/h5-12,19H,3-4,13H2,1-2H3,(H,20,22)/t19-/m0/s1. The number of anilines is 1. The fourth-order valence-corrected chi connectivity index (χ4v) is 4.88. The van der Waals surface area contributed by atoms with Gasteiger partial charge in [0.15, 0.2) is 0 Å². The van der Waals surface area contributed by atoms with Gasteiger partial charge in [-0.05, 0) is 49.6 Å². The van der Waals surface area contributed by atoms with Crippen molar-refractivity contribution in [2.24, 2.45) is 0 Å². The Morgan fingerprint density at radius 1 is 1.08 bits per heavy atom. The average molecular weight is 358 g/mol. The van der Waals surface area contributed by atoms with Gasteiger partial charge in [-0.3, -0.25) is 4.79 Å². The molecule has 3 rings (SSSR count). The van der Waals surface area contributed by atoms with Crippen molar-refractivity contribution in [3.8, 4) is 0 Å². The van der Waals surface area contributed by atoms with Crippen LogP contribution in [0, 0.1) is 6.92 Å². The lowest BCUT2D eigenvalue weighted by atomic mass is 10.0. The normalized spacial score (nSPS) is 18.2. The molecule has 0 unspecified atom stereocenters. The van der Waals surface area contributed by atoms with Crippen LogP contribution in [0.25, 0.3) is 0 Å². The molecule has 6 heteroatoms. The molecule has 1 fully saturated rings. The maximum Gasteiger partial charge on any atom is 0.243 e. The summed E-state index contributed by atoms with van der Waals surface area (Å²) in [5.41, 5.74) is 2.77. The van der Waals surface area contributed by atoms with Gasteiger partial charge in [0.2, 0.25) is 15.9 Å². The van der Waals surface area contributed by atoms with Crippen LogP contribution in [0.2, 0.25) is 0 Å². The van der Waals surface area contributed by atoms with Crippen LogP contribution < -0.4 is 5.32 Å². The second-order valence-corrected chi connectivity index (χ2v) is 8.28. The molecule has 5 nitrogen and oxygen atoms in total. The van der Waals surface area contributed by atoms with E-state index in [1.807, 2.05) is 31.2 Å². The molecule has 1 aliphatic heterocycles. The summed E-state index contributed by atoms with van der Waals surface area (Å²) < 4.78 is 27.7. The number of carbonyl (C=O) groups excluding carboxylic acids is 1. The smallest absolute Gasteiger partial charge is 0.243 e. The van der Waals surface area contributed by atoms with Crippen LogP contribution in [0.5, 0.6) is 0 Å². The molecule has 1 atom stereocenters. The zero-order valence-corrected chi connectivity index (χ0v) is 15.2. The van der Waals surface area contributed by atoms with Gasteiger partial charge in [-0.1, -0.05) is 29.8 Å². The minimum Gasteiger partial charge on any atom is -0.326 e. The number of nitrogens with one attached hydrogen (secondary N) is 1. The number of benzene rings is 2. The van der Waals surface area contributed by atoms with Crippen molar-refractivity contribution < 1.29 is 13.2 Å². The van der Waals surface area contributed by atoms with Crippen LogP contribution in [0.1, 0.15) is 36.9 Å². The highest BCUT2D eigenvalue weighted by molar-refractivity contribution is 7.89. The Labute approximate surface area is 148 Å². The third kappa shape index (κ3) is 3.75. The van der Waals surface area contributed by atoms with Crippen LogP contribution in [-0.4, -0.2) is 25.2 Å². The summed E-state index contributed by atoms with van der Waals surface area (Å²) in [7, 11) is -3.57. The van der Waals surface area contributed by atoms with Crippen LogP contribution in [0.15, 0.2) is 53.4 Å². The highest BCUT2D eigenvalue weighted by Gasteiger charge is 2.36. The quantitative estimate of drug-likeness (QED) is 0.910. The summed E-state index contributed by atoms with van der Waals surface area (Å²) in [4.78, 5) is 11.3. The number of hydrogen-bond donors (Lipinski definition) is 1. The topological polar surface area (TPSA) is 66.5 Å². The van der Waals surface area contributed by atoms with Crippen LogP contribution in [0.3, 0.4) is 0 Å². The molecule has 0 aliphatic carbocycles. The van der Waals surface area contributed by atoms with E-state index in [9.17, 15) is 13.2 Å². The van der Waals surface area contributed by atoms with Crippen molar-refractivity contribution in [1.29, 1.82) is 0 Å². The average Bonchev–Trinajstić information content (AvgIpc) is 3.06. The van der Waals surface area contributed by atoms with Crippen molar-refractivity contribution in [3.63, 3.8) is 0 Å². The van der Waals surface area contributed by atoms with E-state index in [2.05, 4.69) is 5.32 Å². The molecule has 2 aromatic rings. The highest BCUT2D eigenvalue weighted by Crippen LogP contribution is 2.36. The monoisotopic (exact) mass is 358 g/mol. The summed E-state index contributed by atoms with van der Waals surface area (Å²) in [6.07, 6.45) is 1.67. The maximum absolute atomic E-state index is 13.1. The molecule has 0 radical (unpaired) electrons. The Kier molecular flexibility index (Phi) is 4.92. The predicted molar refractivity (Wildman–Crippen MR) is 97.8 cm³/mol. The van der Waals surface area contributed by atoms with E-state index in [1.165, 1.54) is 6.92 Å². The molecule has 0 bridgehead atoms. The Morgan fingerprint density at radius 3 is 2.32 bits per heavy atom. The van der Waals surface area contributed by atoms with Gasteiger partial charge in [-0.15, -0.1) is 0 Å². The summed E-state index contributed by atoms with van der Waals surface area (Å²) >= 11 is 0. The number of amides is 1. The first-order valence-electron chi connectivity index (χ1n) is 8.34. The maximum atomic E-state index is 13.1. The van der Waals surface area contributed by atoms with E-state index in [-0.39, 0.29) is 16.8 Å². The Hall–Kier alpha value is -2.18. The molecule has 0 saturated carbocycles. The fourth-order valence-electron chi connectivity index (χ4n) is 3.20. The lowest BCUT2D eigenvalue weighted by molar-refractivity contribution is -0.114. The van der Waals surface area contributed by atoms with Crippen molar-refractivity contribution >= 4 is 21.6 Å². The highest BCUT2D eigenvalue weighted by atomic mass is 32.2. The van der Waals surface area contributed by atoms with E-state index >= 15 is 0 Å². The van der Waals surface area contributed by atoms with Crippen molar-refractivity contribution in [1.82, 2.24) is 4.31 Å². The van der Waals surface area contributed by atoms with Gasteiger partial charge < -0.3 is 5.32 Å². The van der Waals surface area contributed by atoms with Crippen LogP contribution >= 0.6 is 0 Å². The van der Waals surface area contributed by atoms with E-state index in [0.29, 0.717) is 12.2 Å². The minimum atomic E-state index is -3.57. The molecule has 2 aromatic carbocycles. The van der Waals surface area contributed by atoms with Gasteiger partial charge in [-0.2, -0.15) is 4.31 Å². The van der Waals surface area contributed by atoms with Gasteiger partial charge in [0.1, 0.15) is 0 Å². The fraction of sp³-hybridized carbons (Fsp3) is 0.316. The van der Waals surface area contributed by atoms with E-state index in [1.54, 1.807) is 28.6 Å². The summed E-state index contributed by atoms with van der Waals surface area (Å²) in [6, 6.07) is 14.2. The minimum absolute atomic E-state index is 0.124. The van der Waals surface area contributed by atoms with Gasteiger partial charge in [0, 0.05) is 19.2 Å². The zero-order valence-electron chi connectivity index (χ0n) is 14.4. The molecule has 1 N–H and O–H groups in total. The van der Waals surface area contributed by atoms with Gasteiger partial charge in [0.25, 0.3) is 0 Å². The lowest BCUT2D eigenvalue weighted by Gasteiger charge is -2.24. The first-order chi connectivity index (χ1) is 11.9. The van der Waals surface area contributed by atoms with E-state index in [0.717, 1.165) is 24.0 Å². The summed E-state index contributed by atoms with van der Waals surface area (Å²) in [6.45, 7) is 3.96. The number of rotatable bonds is 4. The Bertz CT molecular complexity index is 859. The van der Waals surface area contributed by atoms with Crippen molar-refractivity contribution in [2.45, 2.75) is 37.6 Å². The number of aryl methyl sites for hydroxylation is 1. The summed E-state index contributed by atoms with van der Waals surface area (Å²) in [5, 5.41) is 2.65. The molecule has 1 amide bonds. The van der Waals surface area contributed by atoms with Crippen LogP contribution in [-0.2, 0) is 14.8 Å². The van der Waals surface area contributed by atoms with Crippen molar-refractivity contribution in [2.75, 3.05) is 11.9 Å². The summed E-state index contributed by atoms with van der Waals surface area (Å²) in [5.74, 6) is -0.186. The number of nitrogens with zero attached hydrogens (tertiary/aromatic N) is 1. The second-order valence-electron chi connectivity index (χ2n) is 6.39. The molecule has 25 heavy (non-hydrogen) atoms. The Balaban J connectivity index is 1.87. The number of sulfonamides is 1. The lowest BCUT2D eigenvalue weighted by Crippen LogP contribution is -2.30. The second kappa shape index (κ2) is 6.98. The zero-order chi connectivity index (χ0) is 18.0. The third-order valence-corrected chi connectivity index (χ3v) is 6.37. The number of carbonyl (C=O) groups is 1. The number of hydrogen-bond acceptors (Lipinski definition) is 3. The first kappa shape index (κ1) is 17.6. The molecular formula is C19H22N2O3S. The first-order valence-corrected chi connectivity index (χ1v) is 9.78. The molecule has 1 heterocycles. The molecule has 0 spiro atoms. The van der Waals surface area contributed by atoms with Gasteiger partial charge in [0.05, 0.1) is 10.9 Å². The van der Waals surface area contributed by atoms with Crippen molar-refractivity contribution in [3.05, 3.63) is 59.7 Å². The van der Waals surface area contributed by atoms with Crippen LogP contribution in [0.4, 0.5) is 5.69 Å². The van der Waals surface area contributed by atoms with Gasteiger partial charge in [-0.25, -0.2) is 8.42 Å². The predicted octanol–water partition coefficient (Wildman–Crippen LogP) is 3.48.